The number of hydrogen-bond donors (Lipinski definition) is 1. The highest BCUT2D eigenvalue weighted by molar-refractivity contribution is 5.85. The van der Waals surface area contributed by atoms with Crippen molar-refractivity contribution in [3.63, 3.8) is 0 Å². The molecule has 0 heterocycles. The minimum atomic E-state index is -0.904. The molecular weight excluding hydrogens is 240 g/mol. The number of hydrogen-bond acceptors (Lipinski definition) is 2. The van der Waals surface area contributed by atoms with E-state index in [0.717, 1.165) is 12.3 Å². The van der Waals surface area contributed by atoms with Crippen molar-refractivity contribution in [2.45, 2.75) is 25.4 Å². The monoisotopic (exact) mass is 260 g/mol. The Hall–Kier alpha value is -1.35. The number of allylic oxidation sites excluding steroid dienone is 3. The molecule has 1 fully saturated rings. The Morgan fingerprint density at radius 3 is 2.84 bits per heavy atom. The van der Waals surface area contributed by atoms with Crippen LogP contribution in [0.4, 0.5) is 0 Å². The Balaban J connectivity index is 1.45. The van der Waals surface area contributed by atoms with Crippen molar-refractivity contribution in [1.82, 2.24) is 0 Å². The van der Waals surface area contributed by atoms with Crippen molar-refractivity contribution in [2.24, 2.45) is 23.7 Å². The summed E-state index contributed by atoms with van der Waals surface area (Å²) in [4.78, 5) is 10.6. The van der Waals surface area contributed by atoms with E-state index in [0.29, 0.717) is 30.8 Å². The van der Waals surface area contributed by atoms with E-state index >= 15 is 0 Å². The third kappa shape index (κ3) is 2.27. The maximum atomic E-state index is 10.6. The number of ether oxygens (including phenoxy) is 1. The minimum absolute atomic E-state index is 0.225. The molecule has 0 spiro atoms. The van der Waals surface area contributed by atoms with E-state index in [1.807, 2.05) is 0 Å². The average Bonchev–Trinajstić information content (AvgIpc) is 3.06. The molecule has 3 heteroatoms. The van der Waals surface area contributed by atoms with Gasteiger partial charge in [-0.1, -0.05) is 30.9 Å². The summed E-state index contributed by atoms with van der Waals surface area (Å²) in [6.07, 6.45) is 12.0. The number of rotatable bonds is 6. The van der Waals surface area contributed by atoms with Gasteiger partial charge in [0.15, 0.2) is 0 Å². The maximum absolute atomic E-state index is 10.6. The van der Waals surface area contributed by atoms with Crippen molar-refractivity contribution in [3.8, 4) is 0 Å². The Kier molecular flexibility index (Phi) is 3.31. The van der Waals surface area contributed by atoms with Crippen molar-refractivity contribution in [2.75, 3.05) is 6.61 Å². The SMILES string of the molecule is C=C(CCCOC1C=CC2C3C=CC(C3)C12)C(=O)O. The standard InChI is InChI=1S/C16H20O3/c1-10(16(17)18)3-2-8-19-14-7-6-13-11-4-5-12(9-11)15(13)14/h4-7,11-15H,1-3,8-9H2,(H,17,18). The molecule has 5 atom stereocenters. The highest BCUT2D eigenvalue weighted by atomic mass is 16.5. The fourth-order valence-electron chi connectivity index (χ4n) is 3.78. The van der Waals surface area contributed by atoms with E-state index in [2.05, 4.69) is 30.9 Å². The van der Waals surface area contributed by atoms with Crippen molar-refractivity contribution < 1.29 is 14.6 Å². The molecule has 19 heavy (non-hydrogen) atoms. The van der Waals surface area contributed by atoms with Gasteiger partial charge in [0.2, 0.25) is 0 Å². The molecule has 0 aliphatic heterocycles. The number of carbonyl (C=O) groups is 1. The van der Waals surface area contributed by atoms with Crippen LogP contribution in [0.15, 0.2) is 36.5 Å². The van der Waals surface area contributed by atoms with Gasteiger partial charge in [0.1, 0.15) is 0 Å². The lowest BCUT2D eigenvalue weighted by molar-refractivity contribution is -0.132. The van der Waals surface area contributed by atoms with E-state index in [4.69, 9.17) is 9.84 Å². The first-order chi connectivity index (χ1) is 9.16. The summed E-state index contributed by atoms with van der Waals surface area (Å²) < 4.78 is 5.94. The van der Waals surface area contributed by atoms with E-state index in [9.17, 15) is 4.79 Å². The first-order valence-electron chi connectivity index (χ1n) is 7.06. The lowest BCUT2D eigenvalue weighted by Crippen LogP contribution is -2.27. The molecule has 3 aliphatic carbocycles. The van der Waals surface area contributed by atoms with E-state index in [-0.39, 0.29) is 11.7 Å². The second-order valence-electron chi connectivity index (χ2n) is 5.84. The van der Waals surface area contributed by atoms with Gasteiger partial charge in [0.25, 0.3) is 0 Å². The van der Waals surface area contributed by atoms with Crippen molar-refractivity contribution >= 4 is 5.97 Å². The molecule has 0 radical (unpaired) electrons. The third-order valence-electron chi connectivity index (χ3n) is 4.72. The van der Waals surface area contributed by atoms with Crippen LogP contribution in [0.1, 0.15) is 19.3 Å². The van der Waals surface area contributed by atoms with Gasteiger partial charge in [-0.2, -0.15) is 0 Å². The summed E-state index contributed by atoms with van der Waals surface area (Å²) in [5.74, 6) is 1.81. The summed E-state index contributed by atoms with van der Waals surface area (Å²) in [6, 6.07) is 0. The summed E-state index contributed by atoms with van der Waals surface area (Å²) >= 11 is 0. The normalized spacial score (nSPS) is 37.8. The Labute approximate surface area is 113 Å². The molecule has 102 valence electrons. The van der Waals surface area contributed by atoms with Crippen LogP contribution in [-0.4, -0.2) is 23.8 Å². The fraction of sp³-hybridized carbons (Fsp3) is 0.562. The molecule has 1 saturated carbocycles. The van der Waals surface area contributed by atoms with Gasteiger partial charge in [-0.25, -0.2) is 4.79 Å². The lowest BCUT2D eigenvalue weighted by Gasteiger charge is -2.26. The van der Waals surface area contributed by atoms with Crippen LogP contribution >= 0.6 is 0 Å². The predicted molar refractivity (Wildman–Crippen MR) is 72.6 cm³/mol. The van der Waals surface area contributed by atoms with Crippen LogP contribution in [0.3, 0.4) is 0 Å². The molecule has 0 aromatic carbocycles. The Bertz CT molecular complexity index is 449. The predicted octanol–water partition coefficient (Wildman–Crippen LogP) is 2.80. The molecule has 0 saturated heterocycles. The van der Waals surface area contributed by atoms with Gasteiger partial charge in [0, 0.05) is 18.1 Å². The minimum Gasteiger partial charge on any atom is -0.478 e. The zero-order valence-electron chi connectivity index (χ0n) is 11.0. The molecule has 3 rings (SSSR count). The zero-order chi connectivity index (χ0) is 13.4. The molecule has 1 N–H and O–H groups in total. The van der Waals surface area contributed by atoms with Gasteiger partial charge < -0.3 is 9.84 Å². The van der Waals surface area contributed by atoms with Gasteiger partial charge in [-0.3, -0.25) is 0 Å². The molecule has 3 aliphatic rings. The highest BCUT2D eigenvalue weighted by Crippen LogP contribution is 2.53. The van der Waals surface area contributed by atoms with E-state index < -0.39 is 5.97 Å². The van der Waals surface area contributed by atoms with Gasteiger partial charge >= 0.3 is 5.97 Å². The molecule has 3 nitrogen and oxygen atoms in total. The number of carboxylic acid groups (broad SMARTS) is 1. The first kappa shape index (κ1) is 12.7. The van der Waals surface area contributed by atoms with Crippen molar-refractivity contribution in [1.29, 1.82) is 0 Å². The number of carboxylic acids is 1. The van der Waals surface area contributed by atoms with Crippen LogP contribution in [0.5, 0.6) is 0 Å². The topological polar surface area (TPSA) is 46.5 Å². The second-order valence-corrected chi connectivity index (χ2v) is 5.84. The van der Waals surface area contributed by atoms with Crippen LogP contribution in [0.25, 0.3) is 0 Å². The molecule has 0 amide bonds. The second kappa shape index (κ2) is 4.97. The van der Waals surface area contributed by atoms with E-state index in [1.165, 1.54) is 6.42 Å². The molecule has 0 aromatic heterocycles. The lowest BCUT2D eigenvalue weighted by atomic mass is 9.84. The molecule has 2 bridgehead atoms. The number of fused-ring (bicyclic) bond motifs is 5. The Morgan fingerprint density at radius 1 is 1.26 bits per heavy atom. The fourth-order valence-corrected chi connectivity index (χ4v) is 3.78. The summed E-state index contributed by atoms with van der Waals surface area (Å²) in [7, 11) is 0. The smallest absolute Gasteiger partial charge is 0.330 e. The van der Waals surface area contributed by atoms with E-state index in [1.54, 1.807) is 0 Å². The van der Waals surface area contributed by atoms with Crippen LogP contribution in [0, 0.1) is 23.7 Å². The summed E-state index contributed by atoms with van der Waals surface area (Å²) in [5.41, 5.74) is 0.270. The molecule has 0 aromatic rings. The number of aliphatic carboxylic acids is 1. The third-order valence-corrected chi connectivity index (χ3v) is 4.72. The van der Waals surface area contributed by atoms with Gasteiger partial charge in [-0.05, 0) is 37.0 Å². The summed E-state index contributed by atoms with van der Waals surface area (Å²) in [6.45, 7) is 4.15. The van der Waals surface area contributed by atoms with Crippen LogP contribution < -0.4 is 0 Å². The molecule has 5 unspecified atom stereocenters. The average molecular weight is 260 g/mol. The van der Waals surface area contributed by atoms with Crippen LogP contribution in [-0.2, 0) is 9.53 Å². The van der Waals surface area contributed by atoms with Gasteiger partial charge in [-0.15, -0.1) is 0 Å². The highest BCUT2D eigenvalue weighted by Gasteiger charge is 2.49. The Morgan fingerprint density at radius 2 is 2.05 bits per heavy atom. The first-order valence-corrected chi connectivity index (χ1v) is 7.06. The maximum Gasteiger partial charge on any atom is 0.330 e. The molecular formula is C16H20O3. The zero-order valence-corrected chi connectivity index (χ0v) is 11.0. The van der Waals surface area contributed by atoms with Gasteiger partial charge in [0.05, 0.1) is 6.10 Å². The largest absolute Gasteiger partial charge is 0.478 e. The summed E-state index contributed by atoms with van der Waals surface area (Å²) in [5, 5.41) is 8.73. The van der Waals surface area contributed by atoms with Crippen molar-refractivity contribution in [3.05, 3.63) is 36.5 Å². The van der Waals surface area contributed by atoms with Crippen LogP contribution in [0.2, 0.25) is 0 Å². The quantitative estimate of drug-likeness (QED) is 0.454.